The number of halogens is 2. The molecule has 7 nitrogen and oxygen atoms in total. The number of anilines is 4. The first-order chi connectivity index (χ1) is 25.6. The second-order valence-electron chi connectivity index (χ2n) is 13.2. The van der Waals surface area contributed by atoms with Gasteiger partial charge in [0, 0.05) is 37.2 Å². The summed E-state index contributed by atoms with van der Waals surface area (Å²) in [6, 6.07) is 47.1. The summed E-state index contributed by atoms with van der Waals surface area (Å²) in [4.78, 5) is 10.7. The van der Waals surface area contributed by atoms with Crippen LogP contribution >= 0.6 is 11.8 Å². The predicted octanol–water partition coefficient (Wildman–Crippen LogP) is 1.94. The number of pyridine rings is 2. The molecule has 0 bridgehead atoms. The number of hydrogen-bond donors (Lipinski definition) is 0. The van der Waals surface area contributed by atoms with Crippen molar-refractivity contribution in [2.75, 3.05) is 59.9 Å². The van der Waals surface area contributed by atoms with E-state index in [1.54, 1.807) is 0 Å². The van der Waals surface area contributed by atoms with E-state index in [1.165, 1.54) is 27.0 Å². The molecule has 6 aromatic rings. The Kier molecular flexibility index (Phi) is 10.9. The van der Waals surface area contributed by atoms with Gasteiger partial charge in [-0.2, -0.15) is 0 Å². The highest BCUT2D eigenvalue weighted by molar-refractivity contribution is 8.03. The molecule has 0 amide bonds. The van der Waals surface area contributed by atoms with E-state index in [4.69, 9.17) is 4.74 Å². The quantitative estimate of drug-likeness (QED) is 0.241. The molecule has 272 valence electrons. The number of thioether (sulfide) groups is 1. The third-order valence-corrected chi connectivity index (χ3v) is 11.2. The fraction of sp³-hybridized carbons (Fsp3) is 0.136. The van der Waals surface area contributed by atoms with Crippen LogP contribution in [0.1, 0.15) is 11.1 Å². The van der Waals surface area contributed by atoms with Crippen LogP contribution in [0.25, 0.3) is 23.5 Å². The number of fused-ring (bicyclic) bond motifs is 2. The SMILES string of the molecule is CN1C(=Cc2cc[n+](-c3ccccc3)c(N3CCN(c4cc(C=C5Sc6ccccc6N5C)cc[n+]4-c4ccccc4)CC3)c2)Oc2ccccc21.[Cl-].[Cl-]. The Morgan fingerprint density at radius 3 is 1.61 bits per heavy atom. The lowest BCUT2D eigenvalue weighted by Gasteiger charge is -2.29. The highest BCUT2D eigenvalue weighted by Crippen LogP contribution is 2.45. The number of rotatable bonds is 6. The molecule has 0 radical (unpaired) electrons. The van der Waals surface area contributed by atoms with Crippen molar-refractivity contribution >= 4 is 46.9 Å². The molecule has 1 fully saturated rings. The van der Waals surface area contributed by atoms with Crippen LogP contribution in [0, 0.1) is 0 Å². The van der Waals surface area contributed by atoms with Crippen LogP contribution in [0.2, 0.25) is 0 Å². The summed E-state index contributed by atoms with van der Waals surface area (Å²) in [7, 11) is 4.21. The lowest BCUT2D eigenvalue weighted by molar-refractivity contribution is -0.583. The Labute approximate surface area is 333 Å². The third-order valence-electron chi connectivity index (χ3n) is 10.0. The Balaban J connectivity index is 0.00000225. The van der Waals surface area contributed by atoms with Crippen LogP contribution in [0.3, 0.4) is 0 Å². The second-order valence-corrected chi connectivity index (χ2v) is 14.3. The van der Waals surface area contributed by atoms with E-state index in [1.807, 2.05) is 30.0 Å². The molecule has 2 aromatic heterocycles. The molecular formula is C44H40Cl2N6OS. The molecule has 5 heterocycles. The first kappa shape index (κ1) is 36.9. The van der Waals surface area contributed by atoms with Gasteiger partial charge in [-0.3, -0.25) is 9.80 Å². The van der Waals surface area contributed by atoms with Gasteiger partial charge in [0.1, 0.15) is 37.6 Å². The summed E-state index contributed by atoms with van der Waals surface area (Å²) in [6.45, 7) is 3.52. The number of benzene rings is 4. The molecule has 0 spiro atoms. The Bertz CT molecular complexity index is 2170. The zero-order chi connectivity index (χ0) is 35.0. The predicted molar refractivity (Wildman–Crippen MR) is 213 cm³/mol. The standard InChI is InChI=1S/C44H40N6OS.2ClH/c1-45-37-17-9-11-19-39(37)51-43(45)31-33-21-23-49(35-13-5-3-6-14-35)41(29-33)47-25-27-48(28-26-47)42-30-34(22-24-50(42)36-15-7-4-8-16-36)32-44-46(2)38-18-10-12-20-40(38)52-44;;/h3-24,29-32H,25-28H2,1-2H3;2*1H/q+2;;/p-2. The molecule has 1 saturated heterocycles. The van der Waals surface area contributed by atoms with Crippen molar-refractivity contribution in [1.29, 1.82) is 0 Å². The number of ether oxygens (including phenoxy) is 1. The zero-order valence-electron chi connectivity index (χ0n) is 30.1. The van der Waals surface area contributed by atoms with Crippen LogP contribution in [0.4, 0.5) is 23.0 Å². The molecule has 3 aliphatic rings. The molecule has 0 N–H and O–H groups in total. The van der Waals surface area contributed by atoms with Crippen molar-refractivity contribution in [3.63, 3.8) is 0 Å². The van der Waals surface area contributed by atoms with Crippen molar-refractivity contribution in [3.8, 4) is 17.1 Å². The van der Waals surface area contributed by atoms with Gasteiger partial charge >= 0.3 is 0 Å². The second kappa shape index (κ2) is 15.9. The van der Waals surface area contributed by atoms with Crippen molar-refractivity contribution in [2.45, 2.75) is 4.90 Å². The molecule has 9 rings (SSSR count). The molecule has 54 heavy (non-hydrogen) atoms. The van der Waals surface area contributed by atoms with Gasteiger partial charge < -0.3 is 39.4 Å². The molecule has 4 aromatic carbocycles. The van der Waals surface area contributed by atoms with Gasteiger partial charge in [0.05, 0.1) is 28.8 Å². The first-order valence-corrected chi connectivity index (χ1v) is 18.6. The Hall–Kier alpha value is -5.41. The van der Waals surface area contributed by atoms with Gasteiger partial charge in [0.2, 0.25) is 5.88 Å². The van der Waals surface area contributed by atoms with Gasteiger partial charge in [0.15, 0.2) is 5.75 Å². The Morgan fingerprint density at radius 1 is 0.556 bits per heavy atom. The van der Waals surface area contributed by atoms with Gasteiger partial charge in [0.25, 0.3) is 11.6 Å². The van der Waals surface area contributed by atoms with E-state index in [0.717, 1.165) is 66.3 Å². The van der Waals surface area contributed by atoms with E-state index in [0.29, 0.717) is 0 Å². The molecule has 0 unspecified atom stereocenters. The minimum atomic E-state index is 0. The fourth-order valence-electron chi connectivity index (χ4n) is 7.23. The van der Waals surface area contributed by atoms with Gasteiger partial charge in [-0.25, -0.2) is 9.13 Å². The molecule has 3 aliphatic heterocycles. The minimum Gasteiger partial charge on any atom is -1.00 e. The van der Waals surface area contributed by atoms with Crippen LogP contribution in [0.5, 0.6) is 5.75 Å². The molecule has 0 saturated carbocycles. The maximum atomic E-state index is 6.26. The van der Waals surface area contributed by atoms with Crippen LogP contribution in [-0.4, -0.2) is 40.3 Å². The average Bonchev–Trinajstić information content (AvgIpc) is 3.69. The molecule has 0 atom stereocenters. The molecular weight excluding hydrogens is 731 g/mol. The number of aromatic nitrogens is 2. The van der Waals surface area contributed by atoms with E-state index in [2.05, 4.69) is 183 Å². The topological polar surface area (TPSA) is 29.9 Å². The number of hydrogen-bond acceptors (Lipinski definition) is 6. The number of nitrogens with zero attached hydrogens (tertiary/aromatic N) is 6. The monoisotopic (exact) mass is 770 g/mol. The maximum absolute atomic E-state index is 6.26. The summed E-state index contributed by atoms with van der Waals surface area (Å²) in [6.07, 6.45) is 8.85. The minimum absolute atomic E-state index is 0. The normalized spacial score (nSPS) is 16.1. The fourth-order valence-corrected chi connectivity index (χ4v) is 8.34. The van der Waals surface area contributed by atoms with Crippen LogP contribution in [0.15, 0.2) is 162 Å². The number of piperazine rings is 1. The first-order valence-electron chi connectivity index (χ1n) is 17.8. The Morgan fingerprint density at radius 2 is 1.06 bits per heavy atom. The van der Waals surface area contributed by atoms with Crippen molar-refractivity contribution in [1.82, 2.24) is 0 Å². The summed E-state index contributed by atoms with van der Waals surface area (Å²) in [5.74, 6) is 4.06. The van der Waals surface area contributed by atoms with Crippen molar-refractivity contribution in [2.24, 2.45) is 0 Å². The number of para-hydroxylation sites is 5. The van der Waals surface area contributed by atoms with E-state index >= 15 is 0 Å². The van der Waals surface area contributed by atoms with Crippen molar-refractivity contribution < 1.29 is 38.7 Å². The van der Waals surface area contributed by atoms with Crippen molar-refractivity contribution in [3.05, 3.63) is 168 Å². The lowest BCUT2D eigenvalue weighted by Crippen LogP contribution is -3.00. The van der Waals surface area contributed by atoms with E-state index in [-0.39, 0.29) is 24.8 Å². The molecule has 10 heteroatoms. The summed E-state index contributed by atoms with van der Waals surface area (Å²) >= 11 is 1.83. The van der Waals surface area contributed by atoms with Gasteiger partial charge in [-0.15, -0.1) is 0 Å². The average molecular weight is 772 g/mol. The summed E-state index contributed by atoms with van der Waals surface area (Å²) in [5, 5.41) is 1.23. The van der Waals surface area contributed by atoms with Crippen LogP contribution < -0.4 is 58.3 Å². The molecule has 0 aliphatic carbocycles. The zero-order valence-corrected chi connectivity index (χ0v) is 32.4. The lowest BCUT2D eigenvalue weighted by atomic mass is 10.2. The highest BCUT2D eigenvalue weighted by Gasteiger charge is 2.33. The highest BCUT2D eigenvalue weighted by atomic mass is 35.5. The van der Waals surface area contributed by atoms with E-state index < -0.39 is 0 Å². The summed E-state index contributed by atoms with van der Waals surface area (Å²) in [5.41, 5.74) is 6.91. The maximum Gasteiger partial charge on any atom is 0.282 e. The van der Waals surface area contributed by atoms with Crippen LogP contribution in [-0.2, 0) is 0 Å². The third kappa shape index (κ3) is 7.12. The van der Waals surface area contributed by atoms with E-state index in [9.17, 15) is 0 Å². The largest absolute Gasteiger partial charge is 1.00 e. The van der Waals surface area contributed by atoms with Gasteiger partial charge in [-0.05, 0) is 77.9 Å². The summed E-state index contributed by atoms with van der Waals surface area (Å²) < 4.78 is 10.9. The van der Waals surface area contributed by atoms with Gasteiger partial charge in [-0.1, -0.05) is 72.4 Å². The smallest absolute Gasteiger partial charge is 0.282 e.